The Morgan fingerprint density at radius 2 is 1.68 bits per heavy atom. The van der Waals surface area contributed by atoms with Crippen LogP contribution in [0.5, 0.6) is 0 Å². The Morgan fingerprint density at radius 1 is 1.04 bits per heavy atom. The van der Waals surface area contributed by atoms with Gasteiger partial charge in [-0.3, -0.25) is 9.69 Å². The summed E-state index contributed by atoms with van der Waals surface area (Å²) in [6, 6.07) is 18.0. The van der Waals surface area contributed by atoms with Crippen molar-refractivity contribution in [3.05, 3.63) is 65.2 Å². The van der Waals surface area contributed by atoms with Crippen LogP contribution in [0.15, 0.2) is 54.6 Å². The fourth-order valence-corrected chi connectivity index (χ4v) is 3.50. The van der Waals surface area contributed by atoms with E-state index in [-0.39, 0.29) is 11.9 Å². The van der Waals surface area contributed by atoms with E-state index in [0.717, 1.165) is 31.7 Å². The van der Waals surface area contributed by atoms with Gasteiger partial charge in [0.2, 0.25) is 5.91 Å². The van der Waals surface area contributed by atoms with Crippen LogP contribution in [0.1, 0.15) is 18.5 Å². The molecule has 2 aromatic rings. The fourth-order valence-electron chi connectivity index (χ4n) is 3.20. The number of rotatable bonds is 5. The number of anilines is 1. The van der Waals surface area contributed by atoms with Gasteiger partial charge in [0.25, 0.3) is 0 Å². The molecule has 1 N–H and O–H groups in total. The predicted octanol–water partition coefficient (Wildman–Crippen LogP) is 3.34. The number of carbonyl (C=O) groups is 1. The molecule has 25 heavy (non-hydrogen) atoms. The number of benzene rings is 2. The summed E-state index contributed by atoms with van der Waals surface area (Å²) in [5, 5.41) is 3.74. The molecule has 1 heterocycles. The lowest BCUT2D eigenvalue weighted by Crippen LogP contribution is -2.49. The smallest absolute Gasteiger partial charge is 0.234 e. The zero-order chi connectivity index (χ0) is 17.6. The van der Waals surface area contributed by atoms with Crippen molar-refractivity contribution in [3.8, 4) is 0 Å². The second-order valence-electron chi connectivity index (χ2n) is 6.41. The van der Waals surface area contributed by atoms with Gasteiger partial charge in [0.15, 0.2) is 0 Å². The number of nitrogens with one attached hydrogen (secondary N) is 1. The highest BCUT2D eigenvalue weighted by Gasteiger charge is 2.20. The number of para-hydroxylation sites is 1. The first-order chi connectivity index (χ1) is 12.1. The Kier molecular flexibility index (Phi) is 5.95. The normalized spacial score (nSPS) is 16.5. The Balaban J connectivity index is 1.47. The average molecular weight is 358 g/mol. The number of nitrogens with zero attached hydrogens (tertiary/aromatic N) is 2. The second-order valence-corrected chi connectivity index (χ2v) is 6.82. The standard InChI is InChI=1S/C20H24ClN3O/c1-16(18-9-5-6-10-19(18)21)22-20(25)15-23-11-13-24(14-12-23)17-7-3-2-4-8-17/h2-10,16H,11-15H2,1H3,(H,22,25)/t16-/m0/s1. The van der Waals surface area contributed by atoms with Gasteiger partial charge < -0.3 is 10.2 Å². The van der Waals surface area contributed by atoms with E-state index in [0.29, 0.717) is 11.6 Å². The second kappa shape index (κ2) is 8.37. The molecule has 0 unspecified atom stereocenters. The maximum atomic E-state index is 12.3. The van der Waals surface area contributed by atoms with Gasteiger partial charge in [-0.25, -0.2) is 0 Å². The Labute approximate surface area is 154 Å². The molecule has 0 aromatic heterocycles. The van der Waals surface area contributed by atoms with Crippen LogP contribution in [0, 0.1) is 0 Å². The highest BCUT2D eigenvalue weighted by atomic mass is 35.5. The van der Waals surface area contributed by atoms with Crippen LogP contribution < -0.4 is 10.2 Å². The van der Waals surface area contributed by atoms with Crippen molar-refractivity contribution in [2.45, 2.75) is 13.0 Å². The van der Waals surface area contributed by atoms with Crippen LogP contribution in [-0.4, -0.2) is 43.5 Å². The highest BCUT2D eigenvalue weighted by Crippen LogP contribution is 2.22. The van der Waals surface area contributed by atoms with Gasteiger partial charge in [0.1, 0.15) is 0 Å². The van der Waals surface area contributed by atoms with Crippen LogP contribution >= 0.6 is 11.6 Å². The van der Waals surface area contributed by atoms with Gasteiger partial charge >= 0.3 is 0 Å². The molecule has 2 aromatic carbocycles. The quantitative estimate of drug-likeness (QED) is 0.891. The molecule has 0 bridgehead atoms. The first kappa shape index (κ1) is 17.8. The van der Waals surface area contributed by atoms with E-state index < -0.39 is 0 Å². The van der Waals surface area contributed by atoms with Gasteiger partial charge in [0, 0.05) is 36.9 Å². The van der Waals surface area contributed by atoms with E-state index >= 15 is 0 Å². The van der Waals surface area contributed by atoms with Crippen molar-refractivity contribution in [1.82, 2.24) is 10.2 Å². The zero-order valence-electron chi connectivity index (χ0n) is 14.5. The van der Waals surface area contributed by atoms with Gasteiger partial charge in [-0.05, 0) is 30.7 Å². The summed E-state index contributed by atoms with van der Waals surface area (Å²) in [5.41, 5.74) is 2.20. The average Bonchev–Trinajstić information content (AvgIpc) is 2.63. The van der Waals surface area contributed by atoms with Crippen LogP contribution in [0.25, 0.3) is 0 Å². The van der Waals surface area contributed by atoms with Crippen molar-refractivity contribution in [2.24, 2.45) is 0 Å². The number of halogens is 1. The van der Waals surface area contributed by atoms with Crippen molar-refractivity contribution in [3.63, 3.8) is 0 Å². The highest BCUT2D eigenvalue weighted by molar-refractivity contribution is 6.31. The van der Waals surface area contributed by atoms with Crippen molar-refractivity contribution in [2.75, 3.05) is 37.6 Å². The summed E-state index contributed by atoms with van der Waals surface area (Å²) >= 11 is 6.20. The molecular formula is C20H24ClN3O. The summed E-state index contributed by atoms with van der Waals surface area (Å²) in [5.74, 6) is 0.0422. The van der Waals surface area contributed by atoms with Crippen LogP contribution in [0.3, 0.4) is 0 Å². The van der Waals surface area contributed by atoms with E-state index in [1.807, 2.05) is 37.3 Å². The molecule has 4 nitrogen and oxygen atoms in total. The molecule has 5 heteroatoms. The summed E-state index contributed by atoms with van der Waals surface area (Å²) in [7, 11) is 0. The lowest BCUT2D eigenvalue weighted by Gasteiger charge is -2.35. The molecule has 3 rings (SSSR count). The monoisotopic (exact) mass is 357 g/mol. The number of hydrogen-bond acceptors (Lipinski definition) is 3. The molecule has 1 aliphatic heterocycles. The van der Waals surface area contributed by atoms with Crippen molar-refractivity contribution >= 4 is 23.2 Å². The minimum absolute atomic E-state index is 0.0422. The maximum Gasteiger partial charge on any atom is 0.234 e. The van der Waals surface area contributed by atoms with E-state index in [2.05, 4.69) is 39.4 Å². The van der Waals surface area contributed by atoms with Crippen LogP contribution in [0.2, 0.25) is 5.02 Å². The number of carbonyl (C=O) groups excluding carboxylic acids is 1. The fraction of sp³-hybridized carbons (Fsp3) is 0.350. The number of piperazine rings is 1. The third-order valence-corrected chi connectivity index (χ3v) is 4.95. The molecule has 1 fully saturated rings. The van der Waals surface area contributed by atoms with E-state index in [1.54, 1.807) is 0 Å². The third kappa shape index (κ3) is 4.74. The zero-order valence-corrected chi connectivity index (χ0v) is 15.2. The first-order valence-electron chi connectivity index (χ1n) is 8.69. The summed E-state index contributed by atoms with van der Waals surface area (Å²) < 4.78 is 0. The van der Waals surface area contributed by atoms with Gasteiger partial charge in [-0.15, -0.1) is 0 Å². The summed E-state index contributed by atoms with van der Waals surface area (Å²) in [6.45, 7) is 6.06. The third-order valence-electron chi connectivity index (χ3n) is 4.61. The minimum atomic E-state index is -0.0909. The molecule has 0 saturated carbocycles. The van der Waals surface area contributed by atoms with Crippen molar-refractivity contribution in [1.29, 1.82) is 0 Å². The minimum Gasteiger partial charge on any atom is -0.369 e. The topological polar surface area (TPSA) is 35.6 Å². The summed E-state index contributed by atoms with van der Waals surface area (Å²) in [6.07, 6.45) is 0. The number of hydrogen-bond donors (Lipinski definition) is 1. The molecule has 132 valence electrons. The van der Waals surface area contributed by atoms with E-state index in [9.17, 15) is 4.79 Å². The Bertz CT molecular complexity index is 699. The molecule has 0 spiro atoms. The molecule has 1 amide bonds. The number of amides is 1. The summed E-state index contributed by atoms with van der Waals surface area (Å²) in [4.78, 5) is 16.9. The molecule has 1 saturated heterocycles. The largest absolute Gasteiger partial charge is 0.369 e. The van der Waals surface area contributed by atoms with Crippen LogP contribution in [-0.2, 0) is 4.79 Å². The molecule has 0 radical (unpaired) electrons. The van der Waals surface area contributed by atoms with E-state index in [1.165, 1.54) is 5.69 Å². The molecule has 0 aliphatic carbocycles. The SMILES string of the molecule is C[C@H](NC(=O)CN1CCN(c2ccccc2)CC1)c1ccccc1Cl. The lowest BCUT2D eigenvalue weighted by molar-refractivity contribution is -0.123. The molecular weight excluding hydrogens is 334 g/mol. The van der Waals surface area contributed by atoms with Gasteiger partial charge in [-0.1, -0.05) is 48.0 Å². The Hall–Kier alpha value is -2.04. The first-order valence-corrected chi connectivity index (χ1v) is 9.07. The maximum absolute atomic E-state index is 12.3. The van der Waals surface area contributed by atoms with Crippen LogP contribution in [0.4, 0.5) is 5.69 Å². The molecule has 1 atom stereocenters. The Morgan fingerprint density at radius 3 is 2.36 bits per heavy atom. The predicted molar refractivity (Wildman–Crippen MR) is 103 cm³/mol. The van der Waals surface area contributed by atoms with E-state index in [4.69, 9.17) is 11.6 Å². The molecule has 1 aliphatic rings. The van der Waals surface area contributed by atoms with Gasteiger partial charge in [-0.2, -0.15) is 0 Å². The van der Waals surface area contributed by atoms with Crippen molar-refractivity contribution < 1.29 is 4.79 Å². The van der Waals surface area contributed by atoms with Gasteiger partial charge in [0.05, 0.1) is 12.6 Å². The lowest BCUT2D eigenvalue weighted by atomic mass is 10.1.